The summed E-state index contributed by atoms with van der Waals surface area (Å²) in [4.78, 5) is 4.39. The third-order valence-corrected chi connectivity index (χ3v) is 4.83. The Morgan fingerprint density at radius 1 is 1.00 bits per heavy atom. The molecule has 0 bridgehead atoms. The Kier molecular flexibility index (Phi) is 4.59. The van der Waals surface area contributed by atoms with Gasteiger partial charge < -0.3 is 14.3 Å². The quantitative estimate of drug-likeness (QED) is 0.518. The maximum Gasteiger partial charge on any atom is 0.256 e. The molecule has 1 aromatic heterocycles. The fourth-order valence-electron chi connectivity index (χ4n) is 2.64. The highest BCUT2D eigenvalue weighted by atomic mass is 32.2. The van der Waals surface area contributed by atoms with E-state index < -0.39 is 6.10 Å². The molecule has 4 nitrogen and oxygen atoms in total. The van der Waals surface area contributed by atoms with E-state index >= 15 is 0 Å². The SMILES string of the molecule is O[C@H](COc1cccc2ccccc12)CSc1nc2ccccc2o1. The molecular formula is C20H17NO3S. The van der Waals surface area contributed by atoms with E-state index in [0.29, 0.717) is 11.0 Å². The van der Waals surface area contributed by atoms with Gasteiger partial charge in [0.2, 0.25) is 0 Å². The Morgan fingerprint density at radius 2 is 1.80 bits per heavy atom. The molecule has 4 rings (SSSR count). The first-order chi connectivity index (χ1) is 12.3. The average Bonchev–Trinajstić information content (AvgIpc) is 3.07. The van der Waals surface area contributed by atoms with Gasteiger partial charge in [0.15, 0.2) is 5.58 Å². The van der Waals surface area contributed by atoms with Crippen molar-refractivity contribution < 1.29 is 14.3 Å². The van der Waals surface area contributed by atoms with Crippen molar-refractivity contribution in [3.63, 3.8) is 0 Å². The average molecular weight is 351 g/mol. The van der Waals surface area contributed by atoms with Gasteiger partial charge in [0.1, 0.15) is 17.9 Å². The summed E-state index contributed by atoms with van der Waals surface area (Å²) in [6.07, 6.45) is -0.612. The zero-order valence-corrected chi connectivity index (χ0v) is 14.3. The summed E-state index contributed by atoms with van der Waals surface area (Å²) in [6.45, 7) is 0.223. The Morgan fingerprint density at radius 3 is 2.72 bits per heavy atom. The van der Waals surface area contributed by atoms with Gasteiger partial charge in [-0.05, 0) is 23.6 Å². The molecule has 3 aromatic carbocycles. The van der Waals surface area contributed by atoms with Crippen LogP contribution in [-0.2, 0) is 0 Å². The van der Waals surface area contributed by atoms with E-state index in [-0.39, 0.29) is 6.61 Å². The minimum absolute atomic E-state index is 0.223. The number of aliphatic hydroxyl groups excluding tert-OH is 1. The van der Waals surface area contributed by atoms with E-state index in [0.717, 1.165) is 27.6 Å². The van der Waals surface area contributed by atoms with Gasteiger partial charge in [-0.15, -0.1) is 0 Å². The summed E-state index contributed by atoms with van der Waals surface area (Å²) in [6, 6.07) is 21.6. The van der Waals surface area contributed by atoms with Crippen molar-refractivity contribution in [2.75, 3.05) is 12.4 Å². The number of hydrogen-bond acceptors (Lipinski definition) is 5. The van der Waals surface area contributed by atoms with Gasteiger partial charge in [-0.25, -0.2) is 4.98 Å². The minimum Gasteiger partial charge on any atom is -0.490 e. The van der Waals surface area contributed by atoms with Crippen LogP contribution in [0.25, 0.3) is 21.9 Å². The molecule has 1 N–H and O–H groups in total. The standard InChI is InChI=1S/C20H17NO3S/c22-15(13-25-20-21-17-9-3-4-10-19(17)24-20)12-23-18-11-5-7-14-6-1-2-8-16(14)18/h1-11,15,22H,12-13H2/t15-/m1/s1. The topological polar surface area (TPSA) is 55.5 Å². The fraction of sp³-hybridized carbons (Fsp3) is 0.150. The highest BCUT2D eigenvalue weighted by Gasteiger charge is 2.11. The van der Waals surface area contributed by atoms with Crippen LogP contribution in [0.5, 0.6) is 5.75 Å². The third-order valence-electron chi connectivity index (χ3n) is 3.85. The molecule has 4 aromatic rings. The van der Waals surface area contributed by atoms with Crippen molar-refractivity contribution >= 4 is 33.6 Å². The zero-order chi connectivity index (χ0) is 17.1. The summed E-state index contributed by atoms with van der Waals surface area (Å²) < 4.78 is 11.5. The number of nitrogens with zero attached hydrogens (tertiary/aromatic N) is 1. The Hall–Kier alpha value is -2.50. The first-order valence-electron chi connectivity index (χ1n) is 8.06. The lowest BCUT2D eigenvalue weighted by Crippen LogP contribution is -2.20. The number of benzene rings is 3. The molecule has 0 aliphatic heterocycles. The lowest BCUT2D eigenvalue weighted by Gasteiger charge is -2.13. The van der Waals surface area contributed by atoms with E-state index in [2.05, 4.69) is 4.98 Å². The Bertz CT molecular complexity index is 960. The van der Waals surface area contributed by atoms with E-state index in [1.807, 2.05) is 66.7 Å². The summed E-state index contributed by atoms with van der Waals surface area (Å²) in [5.74, 6) is 1.24. The summed E-state index contributed by atoms with van der Waals surface area (Å²) in [7, 11) is 0. The number of thioether (sulfide) groups is 1. The van der Waals surface area contributed by atoms with Gasteiger partial charge in [0.25, 0.3) is 5.22 Å². The van der Waals surface area contributed by atoms with Crippen LogP contribution in [0.2, 0.25) is 0 Å². The number of oxazole rings is 1. The smallest absolute Gasteiger partial charge is 0.256 e. The van der Waals surface area contributed by atoms with Crippen molar-refractivity contribution in [2.45, 2.75) is 11.3 Å². The first-order valence-corrected chi connectivity index (χ1v) is 9.05. The van der Waals surface area contributed by atoms with Crippen molar-refractivity contribution in [1.29, 1.82) is 0 Å². The zero-order valence-electron chi connectivity index (χ0n) is 13.5. The molecule has 25 heavy (non-hydrogen) atoms. The Balaban J connectivity index is 1.36. The van der Waals surface area contributed by atoms with Crippen molar-refractivity contribution in [3.8, 4) is 5.75 Å². The van der Waals surface area contributed by atoms with Gasteiger partial charge in [0.05, 0.1) is 6.10 Å². The van der Waals surface area contributed by atoms with Gasteiger partial charge in [-0.2, -0.15) is 0 Å². The lowest BCUT2D eigenvalue weighted by molar-refractivity contribution is 0.127. The lowest BCUT2D eigenvalue weighted by atomic mass is 10.1. The molecule has 0 fully saturated rings. The molecule has 0 aliphatic carbocycles. The predicted molar refractivity (Wildman–Crippen MR) is 100 cm³/mol. The van der Waals surface area contributed by atoms with E-state index in [9.17, 15) is 5.11 Å². The van der Waals surface area contributed by atoms with Gasteiger partial charge in [-0.3, -0.25) is 0 Å². The van der Waals surface area contributed by atoms with Crippen LogP contribution in [0.1, 0.15) is 0 Å². The fourth-order valence-corrected chi connectivity index (χ4v) is 3.38. The molecule has 1 heterocycles. The van der Waals surface area contributed by atoms with E-state index in [1.165, 1.54) is 11.8 Å². The van der Waals surface area contributed by atoms with Gasteiger partial charge in [0, 0.05) is 11.1 Å². The van der Waals surface area contributed by atoms with Gasteiger partial charge in [-0.1, -0.05) is 60.3 Å². The monoisotopic (exact) mass is 351 g/mol. The second-order valence-corrected chi connectivity index (χ2v) is 6.67. The van der Waals surface area contributed by atoms with Crippen molar-refractivity contribution in [2.24, 2.45) is 0 Å². The molecule has 1 atom stereocenters. The maximum atomic E-state index is 10.2. The minimum atomic E-state index is -0.612. The van der Waals surface area contributed by atoms with Crippen LogP contribution in [0, 0.1) is 0 Å². The van der Waals surface area contributed by atoms with Crippen LogP contribution in [0.4, 0.5) is 0 Å². The van der Waals surface area contributed by atoms with Gasteiger partial charge >= 0.3 is 0 Å². The second kappa shape index (κ2) is 7.17. The molecule has 0 aliphatic rings. The highest BCUT2D eigenvalue weighted by Crippen LogP contribution is 2.26. The molecule has 0 radical (unpaired) electrons. The molecule has 0 unspecified atom stereocenters. The number of ether oxygens (including phenoxy) is 1. The van der Waals surface area contributed by atoms with Crippen molar-refractivity contribution in [3.05, 3.63) is 66.7 Å². The molecule has 126 valence electrons. The van der Waals surface area contributed by atoms with Crippen LogP contribution in [-0.4, -0.2) is 28.6 Å². The normalized spacial score (nSPS) is 12.5. The molecule has 5 heteroatoms. The number of aliphatic hydroxyl groups is 1. The third kappa shape index (κ3) is 3.62. The van der Waals surface area contributed by atoms with Crippen LogP contribution in [0.15, 0.2) is 76.4 Å². The summed E-state index contributed by atoms with van der Waals surface area (Å²) in [5.41, 5.74) is 1.58. The van der Waals surface area contributed by atoms with E-state index in [1.54, 1.807) is 0 Å². The van der Waals surface area contributed by atoms with Crippen molar-refractivity contribution in [1.82, 2.24) is 4.98 Å². The largest absolute Gasteiger partial charge is 0.490 e. The maximum absolute atomic E-state index is 10.2. The number of rotatable bonds is 6. The predicted octanol–water partition coefficient (Wildman–Crippen LogP) is 4.51. The molecule has 0 amide bonds. The molecule has 0 saturated heterocycles. The molecule has 0 spiro atoms. The Labute approximate surface area is 149 Å². The highest BCUT2D eigenvalue weighted by molar-refractivity contribution is 7.99. The van der Waals surface area contributed by atoms with Crippen LogP contribution in [0.3, 0.4) is 0 Å². The second-order valence-electron chi connectivity index (χ2n) is 5.70. The number of para-hydroxylation sites is 2. The van der Waals surface area contributed by atoms with Crippen LogP contribution >= 0.6 is 11.8 Å². The number of hydrogen-bond donors (Lipinski definition) is 1. The number of fused-ring (bicyclic) bond motifs is 2. The number of aromatic nitrogens is 1. The molecule has 0 saturated carbocycles. The first kappa shape index (κ1) is 16.0. The molecular weight excluding hydrogens is 334 g/mol. The van der Waals surface area contributed by atoms with E-state index in [4.69, 9.17) is 9.15 Å². The summed E-state index contributed by atoms with van der Waals surface area (Å²) >= 11 is 1.39. The summed E-state index contributed by atoms with van der Waals surface area (Å²) in [5, 5.41) is 12.9. The van der Waals surface area contributed by atoms with Crippen LogP contribution < -0.4 is 4.74 Å².